The third kappa shape index (κ3) is 4.37. The summed E-state index contributed by atoms with van der Waals surface area (Å²) >= 11 is 0. The fourth-order valence-electron chi connectivity index (χ4n) is 5.05. The van der Waals surface area contributed by atoms with Gasteiger partial charge in [0, 0.05) is 44.6 Å². The standard InChI is InChI=1S/C23H31N3O2/c27-18-21-17-26(16-20-4-2-9-24-14-20)12-8-23(21)6-10-25(11-7-23)15-19-3-1-5-22(28)13-19/h1-5,9,13-14,21,27-28H,6-8,10-12,15-18H2/t21-/m1/s1. The smallest absolute Gasteiger partial charge is 0.115 e. The van der Waals surface area contributed by atoms with Crippen LogP contribution < -0.4 is 0 Å². The number of aliphatic hydroxyl groups excluding tert-OH is 1. The van der Waals surface area contributed by atoms with E-state index in [0.717, 1.165) is 52.1 Å². The van der Waals surface area contributed by atoms with Crippen molar-refractivity contribution in [1.29, 1.82) is 0 Å². The Bertz CT molecular complexity index is 759. The summed E-state index contributed by atoms with van der Waals surface area (Å²) in [5, 5.41) is 19.8. The first-order valence-corrected chi connectivity index (χ1v) is 10.4. The van der Waals surface area contributed by atoms with Crippen LogP contribution in [0.3, 0.4) is 0 Å². The minimum atomic E-state index is 0.273. The van der Waals surface area contributed by atoms with Gasteiger partial charge in [-0.15, -0.1) is 0 Å². The monoisotopic (exact) mass is 381 g/mol. The number of benzene rings is 1. The van der Waals surface area contributed by atoms with E-state index in [0.29, 0.717) is 11.7 Å². The average molecular weight is 382 g/mol. The Kier molecular flexibility index (Phi) is 5.95. The number of piperidine rings is 2. The molecule has 5 heteroatoms. The van der Waals surface area contributed by atoms with E-state index in [-0.39, 0.29) is 12.0 Å². The van der Waals surface area contributed by atoms with Crippen molar-refractivity contribution in [2.24, 2.45) is 11.3 Å². The summed E-state index contributed by atoms with van der Waals surface area (Å²) in [5.74, 6) is 0.688. The van der Waals surface area contributed by atoms with E-state index in [1.807, 2.05) is 30.6 Å². The molecule has 2 aliphatic rings. The molecule has 150 valence electrons. The maximum absolute atomic E-state index is 10.1. The van der Waals surface area contributed by atoms with E-state index in [2.05, 4.69) is 26.9 Å². The largest absolute Gasteiger partial charge is 0.508 e. The molecule has 1 atom stereocenters. The number of aliphatic hydroxyl groups is 1. The van der Waals surface area contributed by atoms with E-state index in [1.165, 1.54) is 17.5 Å². The Hall–Kier alpha value is -1.95. The van der Waals surface area contributed by atoms with Gasteiger partial charge in [-0.25, -0.2) is 0 Å². The van der Waals surface area contributed by atoms with Crippen molar-refractivity contribution >= 4 is 0 Å². The zero-order valence-electron chi connectivity index (χ0n) is 16.5. The molecule has 1 spiro atoms. The summed E-state index contributed by atoms with van der Waals surface area (Å²) in [4.78, 5) is 9.18. The first-order valence-electron chi connectivity index (χ1n) is 10.4. The molecule has 0 amide bonds. The lowest BCUT2D eigenvalue weighted by Crippen LogP contribution is -2.53. The number of hydrogen-bond acceptors (Lipinski definition) is 5. The highest BCUT2D eigenvalue weighted by Crippen LogP contribution is 2.45. The molecule has 2 saturated heterocycles. The molecule has 2 aromatic rings. The SMILES string of the molecule is OC[C@H]1CN(Cc2cccnc2)CCC12CCN(Cc1cccc(O)c1)CC2. The predicted octanol–water partition coefficient (Wildman–Crippen LogP) is 2.88. The molecule has 5 nitrogen and oxygen atoms in total. The van der Waals surface area contributed by atoms with Crippen molar-refractivity contribution in [2.75, 3.05) is 32.8 Å². The van der Waals surface area contributed by atoms with Crippen LogP contribution in [-0.2, 0) is 13.1 Å². The second kappa shape index (κ2) is 8.60. The maximum Gasteiger partial charge on any atom is 0.115 e. The van der Waals surface area contributed by atoms with Crippen LogP contribution in [0, 0.1) is 11.3 Å². The number of phenolic OH excluding ortho intramolecular Hbond substituents is 1. The van der Waals surface area contributed by atoms with Gasteiger partial charge in [-0.2, -0.15) is 0 Å². The molecule has 0 aliphatic carbocycles. The van der Waals surface area contributed by atoms with E-state index < -0.39 is 0 Å². The number of rotatable bonds is 5. The van der Waals surface area contributed by atoms with Gasteiger partial charge < -0.3 is 10.2 Å². The Balaban J connectivity index is 1.34. The fourth-order valence-corrected chi connectivity index (χ4v) is 5.05. The van der Waals surface area contributed by atoms with Gasteiger partial charge in [0.05, 0.1) is 0 Å². The summed E-state index contributed by atoms with van der Waals surface area (Å²) in [6, 6.07) is 11.7. The first-order chi connectivity index (χ1) is 13.7. The number of aromatic nitrogens is 1. The number of aromatic hydroxyl groups is 1. The van der Waals surface area contributed by atoms with Crippen LogP contribution >= 0.6 is 0 Å². The lowest BCUT2D eigenvalue weighted by Gasteiger charge is -2.51. The summed E-state index contributed by atoms with van der Waals surface area (Å²) in [6.45, 7) is 6.28. The van der Waals surface area contributed by atoms with Crippen molar-refractivity contribution in [3.05, 3.63) is 59.9 Å². The summed E-state index contributed by atoms with van der Waals surface area (Å²) in [7, 11) is 0. The molecule has 2 aliphatic heterocycles. The van der Waals surface area contributed by atoms with Crippen molar-refractivity contribution in [1.82, 2.24) is 14.8 Å². The summed E-state index contributed by atoms with van der Waals surface area (Å²) in [5.41, 5.74) is 2.69. The molecule has 1 aromatic heterocycles. The molecule has 0 saturated carbocycles. The normalized spacial score (nSPS) is 23.1. The minimum Gasteiger partial charge on any atom is -0.508 e. The molecular weight excluding hydrogens is 350 g/mol. The van der Waals surface area contributed by atoms with Crippen molar-refractivity contribution in [3.63, 3.8) is 0 Å². The van der Waals surface area contributed by atoms with Gasteiger partial charge in [0.25, 0.3) is 0 Å². The van der Waals surface area contributed by atoms with Gasteiger partial charge in [-0.05, 0) is 73.6 Å². The van der Waals surface area contributed by atoms with Gasteiger partial charge >= 0.3 is 0 Å². The molecule has 2 fully saturated rings. The van der Waals surface area contributed by atoms with Gasteiger partial charge in [0.15, 0.2) is 0 Å². The molecular formula is C23H31N3O2. The Morgan fingerprint density at radius 1 is 0.964 bits per heavy atom. The van der Waals surface area contributed by atoms with Crippen LogP contribution in [-0.4, -0.2) is 57.8 Å². The molecule has 1 aromatic carbocycles. The maximum atomic E-state index is 10.1. The molecule has 0 radical (unpaired) electrons. The van der Waals surface area contributed by atoms with Gasteiger partial charge in [0.1, 0.15) is 5.75 Å². The average Bonchev–Trinajstić information content (AvgIpc) is 2.72. The lowest BCUT2D eigenvalue weighted by atomic mass is 9.64. The fraction of sp³-hybridized carbons (Fsp3) is 0.522. The van der Waals surface area contributed by atoms with Crippen LogP contribution in [0.5, 0.6) is 5.75 Å². The van der Waals surface area contributed by atoms with Crippen molar-refractivity contribution in [2.45, 2.75) is 32.4 Å². The number of hydrogen-bond donors (Lipinski definition) is 2. The number of nitrogens with zero attached hydrogens (tertiary/aromatic N) is 3. The molecule has 2 N–H and O–H groups in total. The Labute approximate surface area is 167 Å². The molecule has 0 unspecified atom stereocenters. The second-order valence-corrected chi connectivity index (χ2v) is 8.53. The zero-order valence-corrected chi connectivity index (χ0v) is 16.5. The Morgan fingerprint density at radius 3 is 2.36 bits per heavy atom. The van der Waals surface area contributed by atoms with Crippen LogP contribution in [0.15, 0.2) is 48.8 Å². The topological polar surface area (TPSA) is 59.8 Å². The number of pyridine rings is 1. The van der Waals surface area contributed by atoms with E-state index in [9.17, 15) is 10.2 Å². The highest BCUT2D eigenvalue weighted by Gasteiger charge is 2.44. The van der Waals surface area contributed by atoms with Gasteiger partial charge in [-0.3, -0.25) is 14.8 Å². The highest BCUT2D eigenvalue weighted by atomic mass is 16.3. The lowest BCUT2D eigenvalue weighted by molar-refractivity contribution is -0.0450. The molecule has 3 heterocycles. The second-order valence-electron chi connectivity index (χ2n) is 8.53. The van der Waals surface area contributed by atoms with E-state index in [1.54, 1.807) is 6.07 Å². The van der Waals surface area contributed by atoms with Crippen LogP contribution in [0.2, 0.25) is 0 Å². The van der Waals surface area contributed by atoms with Crippen molar-refractivity contribution in [3.8, 4) is 5.75 Å². The van der Waals surface area contributed by atoms with Crippen molar-refractivity contribution < 1.29 is 10.2 Å². The predicted molar refractivity (Wildman–Crippen MR) is 110 cm³/mol. The third-order valence-corrected chi connectivity index (χ3v) is 6.79. The van der Waals surface area contributed by atoms with Gasteiger partial charge in [0.2, 0.25) is 0 Å². The zero-order chi connectivity index (χ0) is 19.4. The number of likely N-dealkylation sites (tertiary alicyclic amines) is 2. The van der Waals surface area contributed by atoms with E-state index in [4.69, 9.17) is 0 Å². The summed E-state index contributed by atoms with van der Waals surface area (Å²) in [6.07, 6.45) is 7.22. The van der Waals surface area contributed by atoms with Crippen LogP contribution in [0.4, 0.5) is 0 Å². The third-order valence-electron chi connectivity index (χ3n) is 6.79. The van der Waals surface area contributed by atoms with Crippen LogP contribution in [0.25, 0.3) is 0 Å². The molecule has 4 rings (SSSR count). The molecule has 0 bridgehead atoms. The first kappa shape index (κ1) is 19.4. The van der Waals surface area contributed by atoms with E-state index >= 15 is 0 Å². The number of phenols is 1. The quantitative estimate of drug-likeness (QED) is 0.834. The Morgan fingerprint density at radius 2 is 1.68 bits per heavy atom. The molecule has 28 heavy (non-hydrogen) atoms. The highest BCUT2D eigenvalue weighted by molar-refractivity contribution is 5.27. The minimum absolute atomic E-state index is 0.273. The van der Waals surface area contributed by atoms with Crippen LogP contribution in [0.1, 0.15) is 30.4 Å². The van der Waals surface area contributed by atoms with Gasteiger partial charge in [-0.1, -0.05) is 18.2 Å². The summed E-state index contributed by atoms with van der Waals surface area (Å²) < 4.78 is 0.